The molecule has 0 bridgehead atoms. The van der Waals surface area contributed by atoms with Gasteiger partial charge < -0.3 is 9.47 Å². The molecule has 1 aliphatic carbocycles. The van der Waals surface area contributed by atoms with Gasteiger partial charge in [0.1, 0.15) is 22.9 Å². The lowest BCUT2D eigenvalue weighted by Crippen LogP contribution is -2.26. The summed E-state index contributed by atoms with van der Waals surface area (Å²) in [6, 6.07) is 2.24. The molecule has 10 heteroatoms. The van der Waals surface area contributed by atoms with E-state index in [-0.39, 0.29) is 29.7 Å². The normalized spacial score (nSPS) is 18.9. The molecule has 0 aromatic heterocycles. The third-order valence-electron chi connectivity index (χ3n) is 6.00. The van der Waals surface area contributed by atoms with Crippen molar-refractivity contribution in [3.63, 3.8) is 0 Å². The zero-order chi connectivity index (χ0) is 25.8. The van der Waals surface area contributed by atoms with Crippen LogP contribution in [0.5, 0.6) is 11.5 Å². The number of rotatable bonds is 9. The van der Waals surface area contributed by atoms with Gasteiger partial charge in [-0.2, -0.15) is 8.78 Å². The molecule has 0 atom stereocenters. The molecule has 0 radical (unpaired) electrons. The maximum absolute atomic E-state index is 14.7. The fourth-order valence-electron chi connectivity index (χ4n) is 4.37. The van der Waals surface area contributed by atoms with Gasteiger partial charge in [0.05, 0.1) is 6.26 Å². The Morgan fingerprint density at radius 3 is 2.00 bits per heavy atom. The fourth-order valence-corrected chi connectivity index (χ4v) is 4.37. The van der Waals surface area contributed by atoms with Crippen molar-refractivity contribution in [3.8, 4) is 11.5 Å². The summed E-state index contributed by atoms with van der Waals surface area (Å²) in [6.07, 6.45) is -1.77. The maximum Gasteiger partial charge on any atom is 0.432 e. The minimum Gasteiger partial charge on any atom is -0.459 e. The molecule has 1 aliphatic rings. The number of allylic oxidation sites excluding steroid dienone is 1. The van der Waals surface area contributed by atoms with E-state index in [4.69, 9.17) is 0 Å². The van der Waals surface area contributed by atoms with Gasteiger partial charge in [-0.1, -0.05) is 19.8 Å². The van der Waals surface area contributed by atoms with E-state index in [1.807, 2.05) is 0 Å². The van der Waals surface area contributed by atoms with Crippen LogP contribution < -0.4 is 9.47 Å². The van der Waals surface area contributed by atoms with Gasteiger partial charge in [0, 0.05) is 18.2 Å². The molecule has 0 spiro atoms. The van der Waals surface area contributed by atoms with E-state index in [0.29, 0.717) is 25.0 Å². The number of hydrogen-bond donors (Lipinski definition) is 0. The van der Waals surface area contributed by atoms with E-state index < -0.39 is 52.9 Å². The van der Waals surface area contributed by atoms with Gasteiger partial charge in [-0.25, -0.2) is 26.3 Å². The molecular weight excluding hydrogens is 484 g/mol. The summed E-state index contributed by atoms with van der Waals surface area (Å²) in [5, 5.41) is 0. The molecule has 2 aromatic rings. The van der Waals surface area contributed by atoms with E-state index in [0.717, 1.165) is 37.8 Å². The van der Waals surface area contributed by atoms with Crippen molar-refractivity contribution >= 4 is 0 Å². The van der Waals surface area contributed by atoms with Crippen LogP contribution in [-0.4, -0.2) is 6.43 Å². The van der Waals surface area contributed by atoms with Crippen molar-refractivity contribution in [3.05, 3.63) is 71.0 Å². The van der Waals surface area contributed by atoms with E-state index in [1.165, 1.54) is 0 Å². The van der Waals surface area contributed by atoms with Crippen molar-refractivity contribution in [2.45, 2.75) is 63.9 Å². The van der Waals surface area contributed by atoms with Gasteiger partial charge in [0.25, 0.3) is 6.43 Å². The molecule has 0 heterocycles. The molecule has 192 valence electrons. The number of halogens is 8. The summed E-state index contributed by atoms with van der Waals surface area (Å²) < 4.78 is 120. The van der Waals surface area contributed by atoms with Crippen molar-refractivity contribution in [1.29, 1.82) is 0 Å². The first-order valence-electron chi connectivity index (χ1n) is 11.2. The average molecular weight is 508 g/mol. The van der Waals surface area contributed by atoms with E-state index >= 15 is 0 Å². The number of ether oxygens (including phenoxy) is 2. The van der Waals surface area contributed by atoms with Gasteiger partial charge in [-0.15, -0.1) is 0 Å². The summed E-state index contributed by atoms with van der Waals surface area (Å²) in [5.41, 5.74) is -1.42. The Hall–Kier alpha value is -2.78. The molecule has 1 fully saturated rings. The SMILES string of the molecule is CCCC1CCC(c2cc(F)c(C(F)(F)Oc3cc(F)c(OC=CC(F)F)c(F)c3)c(F)c2)CC1. The lowest BCUT2D eigenvalue weighted by Gasteiger charge is -2.29. The molecule has 2 aromatic carbocycles. The second-order valence-corrected chi connectivity index (χ2v) is 8.48. The highest BCUT2D eigenvalue weighted by Crippen LogP contribution is 2.41. The highest BCUT2D eigenvalue weighted by molar-refractivity contribution is 5.37. The second kappa shape index (κ2) is 11.3. The van der Waals surface area contributed by atoms with E-state index in [9.17, 15) is 35.1 Å². The van der Waals surface area contributed by atoms with Crippen LogP contribution >= 0.6 is 0 Å². The summed E-state index contributed by atoms with van der Waals surface area (Å²) in [5.74, 6) is -8.04. The number of benzene rings is 2. The molecule has 0 amide bonds. The number of hydrogen-bond acceptors (Lipinski definition) is 2. The van der Waals surface area contributed by atoms with Crippen LogP contribution in [0.1, 0.15) is 62.5 Å². The smallest absolute Gasteiger partial charge is 0.432 e. The van der Waals surface area contributed by atoms with Gasteiger partial charge in [0.2, 0.25) is 0 Å². The van der Waals surface area contributed by atoms with E-state index in [2.05, 4.69) is 16.4 Å². The molecule has 35 heavy (non-hydrogen) atoms. The minimum absolute atomic E-state index is 0.162. The summed E-state index contributed by atoms with van der Waals surface area (Å²) in [4.78, 5) is 0. The Balaban J connectivity index is 1.78. The Bertz CT molecular complexity index is 1000. The fraction of sp³-hybridized carbons (Fsp3) is 0.440. The predicted octanol–water partition coefficient (Wildman–Crippen LogP) is 8.60. The molecular formula is C25H24F8O2. The van der Waals surface area contributed by atoms with Crippen molar-refractivity contribution in [2.75, 3.05) is 0 Å². The quantitative estimate of drug-likeness (QED) is 0.249. The zero-order valence-corrected chi connectivity index (χ0v) is 18.8. The summed E-state index contributed by atoms with van der Waals surface area (Å²) in [6.45, 7) is 2.08. The topological polar surface area (TPSA) is 18.5 Å². The first kappa shape index (κ1) is 26.8. The standard InChI is InChI=1S/C25H24F8O2/c1-2-3-14-4-6-15(7-5-14)16-10-18(26)23(19(27)11-16)25(32,33)35-17-12-20(28)24(21(29)13-17)34-9-8-22(30)31/h8-15,22H,2-7H2,1H3. The Labute approximate surface area is 197 Å². The van der Waals surface area contributed by atoms with Crippen LogP contribution in [0.15, 0.2) is 36.6 Å². The third kappa shape index (κ3) is 6.67. The molecule has 0 saturated heterocycles. The lowest BCUT2D eigenvalue weighted by atomic mass is 9.77. The highest BCUT2D eigenvalue weighted by Gasteiger charge is 2.42. The van der Waals surface area contributed by atoms with Crippen LogP contribution in [-0.2, 0) is 6.11 Å². The first-order valence-corrected chi connectivity index (χ1v) is 11.2. The first-order chi connectivity index (χ1) is 16.5. The van der Waals surface area contributed by atoms with E-state index in [1.54, 1.807) is 0 Å². The lowest BCUT2D eigenvalue weighted by molar-refractivity contribution is -0.189. The monoisotopic (exact) mass is 508 g/mol. The van der Waals surface area contributed by atoms with Crippen LogP contribution in [0.3, 0.4) is 0 Å². The van der Waals surface area contributed by atoms with Crippen LogP contribution in [0.4, 0.5) is 35.1 Å². The Morgan fingerprint density at radius 2 is 1.49 bits per heavy atom. The predicted molar refractivity (Wildman–Crippen MR) is 113 cm³/mol. The van der Waals surface area contributed by atoms with Crippen LogP contribution in [0, 0.1) is 29.2 Å². The summed E-state index contributed by atoms with van der Waals surface area (Å²) >= 11 is 0. The molecule has 0 unspecified atom stereocenters. The minimum atomic E-state index is -4.61. The zero-order valence-electron chi connectivity index (χ0n) is 18.8. The summed E-state index contributed by atoms with van der Waals surface area (Å²) in [7, 11) is 0. The Morgan fingerprint density at radius 1 is 0.914 bits per heavy atom. The average Bonchev–Trinajstić information content (AvgIpc) is 2.75. The van der Waals surface area contributed by atoms with Crippen molar-refractivity contribution in [1.82, 2.24) is 0 Å². The van der Waals surface area contributed by atoms with Gasteiger partial charge in [-0.3, -0.25) is 0 Å². The van der Waals surface area contributed by atoms with Crippen molar-refractivity contribution in [2.24, 2.45) is 5.92 Å². The van der Waals surface area contributed by atoms with Gasteiger partial charge >= 0.3 is 6.11 Å². The highest BCUT2D eigenvalue weighted by atomic mass is 19.3. The maximum atomic E-state index is 14.7. The second-order valence-electron chi connectivity index (χ2n) is 8.48. The Kier molecular flexibility index (Phi) is 8.66. The molecule has 3 rings (SSSR count). The molecule has 0 aliphatic heterocycles. The third-order valence-corrected chi connectivity index (χ3v) is 6.00. The molecule has 0 N–H and O–H groups in total. The van der Waals surface area contributed by atoms with Crippen LogP contribution in [0.2, 0.25) is 0 Å². The number of alkyl halides is 4. The van der Waals surface area contributed by atoms with Gasteiger partial charge in [0.15, 0.2) is 17.4 Å². The van der Waals surface area contributed by atoms with Gasteiger partial charge in [-0.05, 0) is 55.2 Å². The molecule has 1 saturated carbocycles. The van der Waals surface area contributed by atoms with Crippen molar-refractivity contribution < 1.29 is 44.6 Å². The molecule has 2 nitrogen and oxygen atoms in total. The largest absolute Gasteiger partial charge is 0.459 e. The van der Waals surface area contributed by atoms with Crippen LogP contribution in [0.25, 0.3) is 0 Å².